The van der Waals surface area contributed by atoms with E-state index < -0.39 is 0 Å². The summed E-state index contributed by atoms with van der Waals surface area (Å²) in [5, 5.41) is 5.36. The molecule has 0 spiro atoms. The van der Waals surface area contributed by atoms with Crippen LogP contribution in [-0.2, 0) is 11.3 Å². The zero-order chi connectivity index (χ0) is 11.4. The first-order chi connectivity index (χ1) is 7.81. The van der Waals surface area contributed by atoms with Crippen LogP contribution in [0.1, 0.15) is 4.88 Å². The molecule has 1 aliphatic rings. The first kappa shape index (κ1) is 12.5. The third-order valence-corrected chi connectivity index (χ3v) is 4.74. The minimum Gasteiger partial charge on any atom is -0.378 e. The number of likely N-dealkylation sites (N-methyl/N-ethyl adjacent to an activating group) is 1. The normalized spacial score (nSPS) is 22.5. The van der Waals surface area contributed by atoms with Crippen molar-refractivity contribution in [1.82, 2.24) is 10.2 Å². The fourth-order valence-electron chi connectivity index (χ4n) is 1.94. The quantitative estimate of drug-likeness (QED) is 0.920. The molecule has 1 fully saturated rings. The second kappa shape index (κ2) is 6.12. The van der Waals surface area contributed by atoms with Crippen molar-refractivity contribution in [3.05, 3.63) is 20.8 Å². The van der Waals surface area contributed by atoms with Crippen LogP contribution in [0.5, 0.6) is 0 Å². The molecule has 2 heterocycles. The molecule has 1 N–H and O–H groups in total. The number of nitrogens with zero attached hydrogens (tertiary/aromatic N) is 1. The summed E-state index contributed by atoms with van der Waals surface area (Å²) in [7, 11) is 1.99. The Hall–Kier alpha value is 0.0600. The molecule has 5 heteroatoms. The Labute approximate surface area is 109 Å². The summed E-state index contributed by atoms with van der Waals surface area (Å²) in [5.41, 5.74) is 0. The summed E-state index contributed by atoms with van der Waals surface area (Å²) in [5.74, 6) is 0. The first-order valence-corrected chi connectivity index (χ1v) is 7.17. The summed E-state index contributed by atoms with van der Waals surface area (Å²) >= 11 is 5.40. The van der Waals surface area contributed by atoms with E-state index in [9.17, 15) is 0 Å². The maximum Gasteiger partial charge on any atom is 0.0635 e. The van der Waals surface area contributed by atoms with E-state index in [1.165, 1.54) is 9.35 Å². The molecule has 0 aliphatic carbocycles. The fraction of sp³-hybridized carbons (Fsp3) is 0.636. The van der Waals surface area contributed by atoms with E-state index in [1.807, 2.05) is 18.4 Å². The van der Waals surface area contributed by atoms with Gasteiger partial charge in [-0.2, -0.15) is 0 Å². The molecule has 1 aromatic rings. The molecule has 0 saturated carbocycles. The van der Waals surface area contributed by atoms with E-state index in [0.717, 1.165) is 32.8 Å². The lowest BCUT2D eigenvalue weighted by atomic mass is 10.2. The number of thiophene rings is 1. The molecule has 1 saturated heterocycles. The molecule has 3 nitrogen and oxygen atoms in total. The van der Waals surface area contributed by atoms with E-state index in [-0.39, 0.29) is 0 Å². The van der Waals surface area contributed by atoms with Crippen LogP contribution >= 0.6 is 27.3 Å². The SMILES string of the molecule is CNCC1COCCN1Cc1sccc1Br. The maximum absolute atomic E-state index is 5.52. The first-order valence-electron chi connectivity index (χ1n) is 5.49. The van der Waals surface area contributed by atoms with Gasteiger partial charge in [0.15, 0.2) is 0 Å². The van der Waals surface area contributed by atoms with Gasteiger partial charge >= 0.3 is 0 Å². The highest BCUT2D eigenvalue weighted by molar-refractivity contribution is 9.10. The fourth-order valence-corrected chi connectivity index (χ4v) is 3.45. The lowest BCUT2D eigenvalue weighted by Gasteiger charge is -2.35. The van der Waals surface area contributed by atoms with Gasteiger partial charge in [-0.3, -0.25) is 4.90 Å². The van der Waals surface area contributed by atoms with Crippen molar-refractivity contribution in [2.24, 2.45) is 0 Å². The highest BCUT2D eigenvalue weighted by Gasteiger charge is 2.23. The van der Waals surface area contributed by atoms with Crippen LogP contribution in [0.25, 0.3) is 0 Å². The van der Waals surface area contributed by atoms with Gasteiger partial charge in [-0.05, 0) is 34.4 Å². The van der Waals surface area contributed by atoms with Crippen LogP contribution in [0.3, 0.4) is 0 Å². The van der Waals surface area contributed by atoms with Gasteiger partial charge in [0.05, 0.1) is 13.2 Å². The van der Waals surface area contributed by atoms with Crippen LogP contribution in [0, 0.1) is 0 Å². The number of morpholine rings is 1. The average Bonchev–Trinajstić information content (AvgIpc) is 2.68. The van der Waals surface area contributed by atoms with Gasteiger partial charge in [-0.25, -0.2) is 0 Å². The Bertz CT molecular complexity index is 330. The number of rotatable bonds is 4. The number of hydrogen-bond acceptors (Lipinski definition) is 4. The van der Waals surface area contributed by atoms with Gasteiger partial charge in [0.2, 0.25) is 0 Å². The minimum absolute atomic E-state index is 0.493. The predicted molar refractivity (Wildman–Crippen MR) is 71.0 cm³/mol. The van der Waals surface area contributed by atoms with Crippen LogP contribution in [0.2, 0.25) is 0 Å². The molecule has 0 radical (unpaired) electrons. The molecule has 0 bridgehead atoms. The molecule has 2 rings (SSSR count). The third kappa shape index (κ3) is 3.05. The number of ether oxygens (including phenoxy) is 1. The van der Waals surface area contributed by atoms with Crippen LogP contribution in [0.4, 0.5) is 0 Å². The van der Waals surface area contributed by atoms with Gasteiger partial charge < -0.3 is 10.1 Å². The molecule has 0 amide bonds. The summed E-state index contributed by atoms with van der Waals surface area (Å²) in [4.78, 5) is 3.90. The van der Waals surface area contributed by atoms with Gasteiger partial charge in [0.1, 0.15) is 0 Å². The Kier molecular flexibility index (Phi) is 4.79. The van der Waals surface area contributed by atoms with Crippen molar-refractivity contribution in [1.29, 1.82) is 0 Å². The van der Waals surface area contributed by atoms with Crippen molar-refractivity contribution < 1.29 is 4.74 Å². The molecule has 16 heavy (non-hydrogen) atoms. The smallest absolute Gasteiger partial charge is 0.0635 e. The molecule has 1 aromatic heterocycles. The monoisotopic (exact) mass is 304 g/mol. The largest absolute Gasteiger partial charge is 0.378 e. The number of halogens is 1. The van der Waals surface area contributed by atoms with Crippen molar-refractivity contribution >= 4 is 27.3 Å². The van der Waals surface area contributed by atoms with Gasteiger partial charge in [-0.15, -0.1) is 11.3 Å². The van der Waals surface area contributed by atoms with Crippen LogP contribution < -0.4 is 5.32 Å². The van der Waals surface area contributed by atoms with E-state index in [0.29, 0.717) is 6.04 Å². The Balaban J connectivity index is 1.98. The summed E-state index contributed by atoms with van der Waals surface area (Å²) in [6.07, 6.45) is 0. The molecule has 90 valence electrons. The minimum atomic E-state index is 0.493. The maximum atomic E-state index is 5.52. The zero-order valence-electron chi connectivity index (χ0n) is 9.41. The summed E-state index contributed by atoms with van der Waals surface area (Å²) in [6, 6.07) is 2.61. The predicted octanol–water partition coefficient (Wildman–Crippen LogP) is 1.93. The van der Waals surface area contributed by atoms with E-state index >= 15 is 0 Å². The van der Waals surface area contributed by atoms with Crippen molar-refractivity contribution in [3.8, 4) is 0 Å². The number of nitrogens with one attached hydrogen (secondary N) is 1. The topological polar surface area (TPSA) is 24.5 Å². The second-order valence-electron chi connectivity index (χ2n) is 3.95. The van der Waals surface area contributed by atoms with Crippen molar-refractivity contribution in [2.75, 3.05) is 33.4 Å². The van der Waals surface area contributed by atoms with Crippen LogP contribution in [-0.4, -0.2) is 44.3 Å². The second-order valence-corrected chi connectivity index (χ2v) is 5.80. The highest BCUT2D eigenvalue weighted by atomic mass is 79.9. The molecular formula is C11H17BrN2OS. The van der Waals surface area contributed by atoms with Gasteiger partial charge in [0.25, 0.3) is 0 Å². The molecule has 1 unspecified atom stereocenters. The standard InChI is InChI=1S/C11H17BrN2OS/c1-13-6-9-8-15-4-3-14(9)7-11-10(12)2-5-16-11/h2,5,9,13H,3-4,6-8H2,1H3. The Morgan fingerprint density at radius 2 is 2.56 bits per heavy atom. The van der Waals surface area contributed by atoms with Gasteiger partial charge in [-0.1, -0.05) is 0 Å². The van der Waals surface area contributed by atoms with E-state index in [4.69, 9.17) is 4.74 Å². The lowest BCUT2D eigenvalue weighted by molar-refractivity contribution is -0.00991. The average molecular weight is 305 g/mol. The molecule has 1 atom stereocenters. The van der Waals surface area contributed by atoms with Gasteiger partial charge in [0, 0.05) is 35.0 Å². The van der Waals surface area contributed by atoms with E-state index in [2.05, 4.69) is 37.6 Å². The summed E-state index contributed by atoms with van der Waals surface area (Å²) < 4.78 is 6.75. The van der Waals surface area contributed by atoms with Crippen molar-refractivity contribution in [2.45, 2.75) is 12.6 Å². The number of hydrogen-bond donors (Lipinski definition) is 1. The Morgan fingerprint density at radius 1 is 1.69 bits per heavy atom. The third-order valence-electron chi connectivity index (χ3n) is 2.83. The Morgan fingerprint density at radius 3 is 3.25 bits per heavy atom. The summed E-state index contributed by atoms with van der Waals surface area (Å²) in [6.45, 7) is 4.72. The molecule has 1 aliphatic heterocycles. The zero-order valence-corrected chi connectivity index (χ0v) is 11.8. The van der Waals surface area contributed by atoms with E-state index in [1.54, 1.807) is 0 Å². The van der Waals surface area contributed by atoms with Crippen molar-refractivity contribution in [3.63, 3.8) is 0 Å². The van der Waals surface area contributed by atoms with Crippen LogP contribution in [0.15, 0.2) is 15.9 Å². The highest BCUT2D eigenvalue weighted by Crippen LogP contribution is 2.25. The lowest BCUT2D eigenvalue weighted by Crippen LogP contribution is -2.49. The molecule has 0 aromatic carbocycles. The molecular weight excluding hydrogens is 288 g/mol.